The van der Waals surface area contributed by atoms with E-state index in [1.165, 1.54) is 0 Å². The third kappa shape index (κ3) is 3.55. The van der Waals surface area contributed by atoms with Gasteiger partial charge in [-0.1, -0.05) is 18.5 Å². The lowest BCUT2D eigenvalue weighted by molar-refractivity contribution is 0.238. The van der Waals surface area contributed by atoms with Crippen LogP contribution < -0.4 is 10.5 Å². The summed E-state index contributed by atoms with van der Waals surface area (Å²) in [6.07, 6.45) is 0. The van der Waals surface area contributed by atoms with Gasteiger partial charge < -0.3 is 10.8 Å². The second-order valence-corrected chi connectivity index (χ2v) is 6.09. The predicted octanol–water partition coefficient (Wildman–Crippen LogP) is 0.968. The van der Waals surface area contributed by atoms with E-state index in [4.69, 9.17) is 22.4 Å². The van der Waals surface area contributed by atoms with E-state index in [2.05, 4.69) is 4.72 Å². The van der Waals surface area contributed by atoms with Gasteiger partial charge in [-0.15, -0.1) is 0 Å². The predicted molar refractivity (Wildman–Crippen MR) is 67.3 cm³/mol. The van der Waals surface area contributed by atoms with Crippen molar-refractivity contribution in [2.75, 3.05) is 18.9 Å². The van der Waals surface area contributed by atoms with Crippen molar-refractivity contribution in [2.24, 2.45) is 5.92 Å². The number of anilines is 1. The van der Waals surface area contributed by atoms with Gasteiger partial charge in [-0.2, -0.15) is 0 Å². The topological polar surface area (TPSA) is 92.4 Å². The number of nitrogens with two attached hydrogens (primary N) is 1. The molecule has 102 valence electrons. The quantitative estimate of drug-likeness (QED) is 0.706. The van der Waals surface area contributed by atoms with Gasteiger partial charge in [0.1, 0.15) is 10.7 Å². The first kappa shape index (κ1) is 15.2. The fourth-order valence-electron chi connectivity index (χ4n) is 1.15. The third-order valence-corrected chi connectivity index (χ3v) is 4.16. The van der Waals surface area contributed by atoms with Gasteiger partial charge in [-0.25, -0.2) is 17.5 Å². The van der Waals surface area contributed by atoms with E-state index in [-0.39, 0.29) is 34.7 Å². The fourth-order valence-corrected chi connectivity index (χ4v) is 2.86. The minimum atomic E-state index is -3.88. The first-order valence-electron chi connectivity index (χ1n) is 5.13. The smallest absolute Gasteiger partial charge is 0.242 e. The first-order chi connectivity index (χ1) is 8.27. The fraction of sp³-hybridized carbons (Fsp3) is 0.400. The molecule has 18 heavy (non-hydrogen) atoms. The van der Waals surface area contributed by atoms with Crippen LogP contribution in [0.15, 0.2) is 17.0 Å². The van der Waals surface area contributed by atoms with Crippen molar-refractivity contribution in [3.63, 3.8) is 0 Å². The molecular weight excluding hydrogens is 283 g/mol. The lowest BCUT2D eigenvalue weighted by Gasteiger charge is -2.12. The molecule has 0 aromatic heterocycles. The summed E-state index contributed by atoms with van der Waals surface area (Å²) in [5, 5.41) is 8.56. The maximum Gasteiger partial charge on any atom is 0.242 e. The lowest BCUT2D eigenvalue weighted by atomic mass is 10.2. The van der Waals surface area contributed by atoms with Gasteiger partial charge in [-0.05, 0) is 18.1 Å². The van der Waals surface area contributed by atoms with E-state index < -0.39 is 15.8 Å². The molecule has 4 N–H and O–H groups in total. The van der Waals surface area contributed by atoms with Crippen molar-refractivity contribution in [2.45, 2.75) is 11.8 Å². The summed E-state index contributed by atoms with van der Waals surface area (Å²) in [5.74, 6) is -1.01. The van der Waals surface area contributed by atoms with Crippen molar-refractivity contribution in [1.82, 2.24) is 4.72 Å². The summed E-state index contributed by atoms with van der Waals surface area (Å²) in [5.41, 5.74) is 5.01. The number of sulfonamides is 1. The van der Waals surface area contributed by atoms with Crippen LogP contribution >= 0.6 is 11.6 Å². The average Bonchev–Trinajstić information content (AvgIpc) is 2.30. The molecule has 0 saturated heterocycles. The normalized spacial score (nSPS) is 13.6. The van der Waals surface area contributed by atoms with Gasteiger partial charge in [0.25, 0.3) is 0 Å². The summed E-state index contributed by atoms with van der Waals surface area (Å²) >= 11 is 5.67. The zero-order valence-electron chi connectivity index (χ0n) is 9.65. The van der Waals surface area contributed by atoms with Crippen LogP contribution in [-0.2, 0) is 10.0 Å². The first-order valence-corrected chi connectivity index (χ1v) is 6.99. The highest BCUT2D eigenvalue weighted by atomic mass is 35.5. The Balaban J connectivity index is 3.02. The Labute approximate surface area is 110 Å². The van der Waals surface area contributed by atoms with Gasteiger partial charge in [0, 0.05) is 13.2 Å². The Hall–Kier alpha value is -0.890. The van der Waals surface area contributed by atoms with Crippen molar-refractivity contribution < 1.29 is 17.9 Å². The van der Waals surface area contributed by atoms with Gasteiger partial charge in [-0.3, -0.25) is 0 Å². The molecule has 1 atom stereocenters. The summed E-state index contributed by atoms with van der Waals surface area (Å²) in [6.45, 7) is 1.57. The number of hydrogen-bond donors (Lipinski definition) is 3. The molecule has 0 bridgehead atoms. The molecule has 0 aliphatic heterocycles. The van der Waals surface area contributed by atoms with Crippen LogP contribution in [-0.4, -0.2) is 26.7 Å². The maximum atomic E-state index is 13.1. The van der Waals surface area contributed by atoms with Gasteiger partial charge in [0.05, 0.1) is 10.7 Å². The molecule has 1 rings (SSSR count). The Bertz CT molecular complexity index is 536. The number of nitrogens with one attached hydrogen (secondary N) is 1. The molecule has 0 spiro atoms. The molecule has 8 heteroatoms. The summed E-state index contributed by atoms with van der Waals surface area (Å²) in [6, 6.07) is 1.81. The summed E-state index contributed by atoms with van der Waals surface area (Å²) in [4.78, 5) is -0.284. The monoisotopic (exact) mass is 296 g/mol. The molecule has 0 amide bonds. The molecule has 0 aliphatic carbocycles. The zero-order chi connectivity index (χ0) is 13.9. The van der Waals surface area contributed by atoms with E-state index in [1.54, 1.807) is 6.92 Å². The van der Waals surface area contributed by atoms with Gasteiger partial charge >= 0.3 is 0 Å². The van der Waals surface area contributed by atoms with E-state index in [1.807, 2.05) is 0 Å². The summed E-state index contributed by atoms with van der Waals surface area (Å²) in [7, 11) is -3.88. The largest absolute Gasteiger partial charge is 0.396 e. The molecular formula is C10H14ClFN2O3S. The number of nitrogen functional groups attached to an aromatic ring is 1. The molecule has 0 aliphatic rings. The minimum absolute atomic E-state index is 0.0481. The van der Waals surface area contributed by atoms with Crippen LogP contribution in [0.5, 0.6) is 0 Å². The van der Waals surface area contributed by atoms with E-state index in [0.717, 1.165) is 12.1 Å². The van der Waals surface area contributed by atoms with Crippen molar-refractivity contribution >= 4 is 27.3 Å². The van der Waals surface area contributed by atoms with Crippen LogP contribution in [0.3, 0.4) is 0 Å². The Morgan fingerprint density at radius 3 is 2.72 bits per heavy atom. The highest BCUT2D eigenvalue weighted by Gasteiger charge is 2.20. The number of halogens is 2. The highest BCUT2D eigenvalue weighted by molar-refractivity contribution is 7.89. The second-order valence-electron chi connectivity index (χ2n) is 3.94. The van der Waals surface area contributed by atoms with Crippen molar-refractivity contribution in [1.29, 1.82) is 0 Å². The lowest BCUT2D eigenvalue weighted by Crippen LogP contribution is -2.30. The van der Waals surface area contributed by atoms with E-state index in [9.17, 15) is 12.8 Å². The number of aliphatic hydroxyl groups excluding tert-OH is 1. The van der Waals surface area contributed by atoms with Crippen molar-refractivity contribution in [3.05, 3.63) is 23.0 Å². The molecule has 0 radical (unpaired) electrons. The SMILES string of the molecule is CC(CO)CNS(=O)(=O)c1cc(N)c(F)cc1Cl. The Morgan fingerprint density at radius 1 is 1.56 bits per heavy atom. The van der Waals surface area contributed by atoms with E-state index in [0.29, 0.717) is 0 Å². The van der Waals surface area contributed by atoms with Crippen LogP contribution in [0.1, 0.15) is 6.92 Å². The highest BCUT2D eigenvalue weighted by Crippen LogP contribution is 2.26. The molecule has 1 aromatic carbocycles. The molecule has 0 fully saturated rings. The van der Waals surface area contributed by atoms with Crippen LogP contribution in [0.25, 0.3) is 0 Å². The molecule has 5 nitrogen and oxygen atoms in total. The Kier molecular flexibility index (Phi) is 4.92. The maximum absolute atomic E-state index is 13.1. The minimum Gasteiger partial charge on any atom is -0.396 e. The van der Waals surface area contributed by atoms with Gasteiger partial charge in [0.15, 0.2) is 0 Å². The molecule has 1 unspecified atom stereocenters. The van der Waals surface area contributed by atoms with Crippen molar-refractivity contribution in [3.8, 4) is 0 Å². The van der Waals surface area contributed by atoms with Gasteiger partial charge in [0.2, 0.25) is 10.0 Å². The summed E-state index contributed by atoms with van der Waals surface area (Å²) < 4.78 is 39.1. The van der Waals surface area contributed by atoms with Crippen LogP contribution in [0.4, 0.5) is 10.1 Å². The number of hydrogen-bond acceptors (Lipinski definition) is 4. The Morgan fingerprint density at radius 2 is 2.17 bits per heavy atom. The second kappa shape index (κ2) is 5.83. The molecule has 0 heterocycles. The van der Waals surface area contributed by atoms with Crippen LogP contribution in [0.2, 0.25) is 5.02 Å². The van der Waals surface area contributed by atoms with E-state index >= 15 is 0 Å². The average molecular weight is 297 g/mol. The number of benzene rings is 1. The van der Waals surface area contributed by atoms with Crippen LogP contribution in [0, 0.1) is 11.7 Å². The number of rotatable bonds is 5. The third-order valence-electron chi connectivity index (χ3n) is 2.27. The molecule has 1 aromatic rings. The standard InChI is InChI=1S/C10H14ClFN2O3S/c1-6(5-15)4-14-18(16,17)10-3-9(13)8(12)2-7(10)11/h2-3,6,14-15H,4-5,13H2,1H3. The zero-order valence-corrected chi connectivity index (χ0v) is 11.2. The molecule has 0 saturated carbocycles. The number of aliphatic hydroxyl groups is 1.